The molecule has 0 spiro atoms. The lowest BCUT2D eigenvalue weighted by Gasteiger charge is -2.15. The summed E-state index contributed by atoms with van der Waals surface area (Å²) in [5, 5.41) is 21.3. The third-order valence-corrected chi connectivity index (χ3v) is 3.91. The number of hydrogen-bond donors (Lipinski definition) is 2. The van der Waals surface area contributed by atoms with E-state index in [1.54, 1.807) is 12.1 Å². The molecule has 2 rings (SSSR count). The van der Waals surface area contributed by atoms with Gasteiger partial charge in [0.05, 0.1) is 23.8 Å². The standard InChI is InChI=1S/C17H19N3O5/c1-10(2)11-3-5-12(6-4-11)15(21)9-19-8-13(20(24)25)7-14(16(18)22)17(19)23/h3-8,10,15,21H,9H2,1-2H3,(H2,18,22). The maximum Gasteiger partial charge on any atom is 0.286 e. The summed E-state index contributed by atoms with van der Waals surface area (Å²) < 4.78 is 0.930. The van der Waals surface area contributed by atoms with Gasteiger partial charge in [0.15, 0.2) is 0 Å². The van der Waals surface area contributed by atoms with Crippen LogP contribution in [-0.2, 0) is 6.54 Å². The number of benzene rings is 1. The Morgan fingerprint density at radius 3 is 2.32 bits per heavy atom. The minimum Gasteiger partial charge on any atom is -0.387 e. The Labute approximate surface area is 143 Å². The van der Waals surface area contributed by atoms with E-state index in [2.05, 4.69) is 0 Å². The maximum atomic E-state index is 12.2. The van der Waals surface area contributed by atoms with E-state index < -0.39 is 33.7 Å². The van der Waals surface area contributed by atoms with Gasteiger partial charge in [-0.05, 0) is 17.0 Å². The number of nitrogens with zero attached hydrogens (tertiary/aromatic N) is 2. The van der Waals surface area contributed by atoms with Gasteiger partial charge in [-0.2, -0.15) is 0 Å². The summed E-state index contributed by atoms with van der Waals surface area (Å²) >= 11 is 0. The van der Waals surface area contributed by atoms with Crippen molar-refractivity contribution in [1.82, 2.24) is 4.57 Å². The second kappa shape index (κ2) is 7.27. The van der Waals surface area contributed by atoms with E-state index in [0.717, 1.165) is 22.4 Å². The molecule has 1 unspecified atom stereocenters. The van der Waals surface area contributed by atoms with Crippen LogP contribution < -0.4 is 11.3 Å². The number of nitrogens with two attached hydrogens (primary N) is 1. The van der Waals surface area contributed by atoms with Crippen LogP contribution in [0.15, 0.2) is 41.3 Å². The van der Waals surface area contributed by atoms with Crippen LogP contribution in [0, 0.1) is 10.1 Å². The van der Waals surface area contributed by atoms with Crippen molar-refractivity contribution in [3.8, 4) is 0 Å². The summed E-state index contributed by atoms with van der Waals surface area (Å²) in [7, 11) is 0. The highest BCUT2D eigenvalue weighted by Crippen LogP contribution is 2.20. The number of aromatic nitrogens is 1. The Morgan fingerprint density at radius 2 is 1.84 bits per heavy atom. The smallest absolute Gasteiger partial charge is 0.286 e. The first-order chi connectivity index (χ1) is 11.7. The fourth-order valence-corrected chi connectivity index (χ4v) is 2.43. The summed E-state index contributed by atoms with van der Waals surface area (Å²) in [6.07, 6.45) is -0.0813. The Balaban J connectivity index is 2.36. The number of carbonyl (C=O) groups is 1. The predicted octanol–water partition coefficient (Wildman–Crippen LogP) is 1.71. The molecule has 0 aliphatic heterocycles. The van der Waals surface area contributed by atoms with E-state index in [1.165, 1.54) is 0 Å². The Hall–Kier alpha value is -3.00. The third kappa shape index (κ3) is 4.10. The summed E-state index contributed by atoms with van der Waals surface area (Å²) in [5.41, 5.74) is 5.04. The first-order valence-electron chi connectivity index (χ1n) is 7.67. The van der Waals surface area contributed by atoms with Gasteiger partial charge in [-0.25, -0.2) is 0 Å². The molecule has 1 amide bonds. The second-order valence-electron chi connectivity index (χ2n) is 6.03. The second-order valence-corrected chi connectivity index (χ2v) is 6.03. The van der Waals surface area contributed by atoms with Gasteiger partial charge in [-0.15, -0.1) is 0 Å². The van der Waals surface area contributed by atoms with Crippen molar-refractivity contribution >= 4 is 11.6 Å². The number of amides is 1. The molecule has 0 fully saturated rings. The molecule has 1 aromatic heterocycles. The molecule has 0 bridgehead atoms. The lowest BCUT2D eigenvalue weighted by molar-refractivity contribution is -0.385. The molecule has 1 atom stereocenters. The molecule has 25 heavy (non-hydrogen) atoms. The van der Waals surface area contributed by atoms with Gasteiger partial charge < -0.3 is 15.4 Å². The number of nitro groups is 1. The van der Waals surface area contributed by atoms with Gasteiger partial charge in [0.25, 0.3) is 17.2 Å². The van der Waals surface area contributed by atoms with Crippen molar-refractivity contribution < 1.29 is 14.8 Å². The Morgan fingerprint density at radius 1 is 1.28 bits per heavy atom. The normalized spacial score (nSPS) is 12.2. The van der Waals surface area contributed by atoms with Crippen LogP contribution in [0.4, 0.5) is 5.69 Å². The minimum atomic E-state index is -1.07. The van der Waals surface area contributed by atoms with Crippen LogP contribution in [0.2, 0.25) is 0 Å². The van der Waals surface area contributed by atoms with E-state index in [4.69, 9.17) is 5.73 Å². The molecule has 0 saturated heterocycles. The van der Waals surface area contributed by atoms with Crippen molar-refractivity contribution in [3.05, 3.63) is 73.7 Å². The monoisotopic (exact) mass is 345 g/mol. The molecule has 132 valence electrons. The fourth-order valence-electron chi connectivity index (χ4n) is 2.43. The Bertz CT molecular complexity index is 856. The molecule has 8 heteroatoms. The van der Waals surface area contributed by atoms with Crippen LogP contribution >= 0.6 is 0 Å². The van der Waals surface area contributed by atoms with Crippen molar-refractivity contribution in [2.45, 2.75) is 32.4 Å². The summed E-state index contributed by atoms with van der Waals surface area (Å²) in [6.45, 7) is 3.85. The number of carbonyl (C=O) groups excluding carboxylic acids is 1. The number of rotatable bonds is 6. The molecular formula is C17H19N3O5. The molecule has 0 aliphatic carbocycles. The molecule has 2 aromatic rings. The summed E-state index contributed by atoms with van der Waals surface area (Å²) in [5.74, 6) is -0.720. The number of primary amides is 1. The minimum absolute atomic E-state index is 0.234. The highest BCUT2D eigenvalue weighted by molar-refractivity contribution is 5.92. The molecule has 0 radical (unpaired) electrons. The molecule has 1 aromatic carbocycles. The highest BCUT2D eigenvalue weighted by atomic mass is 16.6. The van der Waals surface area contributed by atoms with Gasteiger partial charge in [0, 0.05) is 6.07 Å². The zero-order valence-corrected chi connectivity index (χ0v) is 13.9. The number of aliphatic hydroxyl groups is 1. The van der Waals surface area contributed by atoms with E-state index in [9.17, 15) is 24.8 Å². The first kappa shape index (κ1) is 18.3. The van der Waals surface area contributed by atoms with Crippen molar-refractivity contribution in [1.29, 1.82) is 0 Å². The van der Waals surface area contributed by atoms with Crippen LogP contribution in [0.1, 0.15) is 47.4 Å². The van der Waals surface area contributed by atoms with Crippen molar-refractivity contribution in [3.63, 3.8) is 0 Å². The molecule has 0 aliphatic rings. The van der Waals surface area contributed by atoms with Crippen LogP contribution in [0.5, 0.6) is 0 Å². The number of aliphatic hydroxyl groups excluding tert-OH is 1. The van der Waals surface area contributed by atoms with Gasteiger partial charge in [-0.3, -0.25) is 19.7 Å². The predicted molar refractivity (Wildman–Crippen MR) is 91.4 cm³/mol. The zero-order chi connectivity index (χ0) is 18.7. The van der Waals surface area contributed by atoms with Gasteiger partial charge in [0.1, 0.15) is 5.56 Å². The molecule has 0 saturated carbocycles. The average Bonchev–Trinajstić information content (AvgIpc) is 2.56. The molecule has 3 N–H and O–H groups in total. The van der Waals surface area contributed by atoms with E-state index in [0.29, 0.717) is 11.5 Å². The van der Waals surface area contributed by atoms with Crippen molar-refractivity contribution in [2.75, 3.05) is 0 Å². The largest absolute Gasteiger partial charge is 0.387 e. The Kier molecular flexibility index (Phi) is 5.33. The van der Waals surface area contributed by atoms with Gasteiger partial charge in [-0.1, -0.05) is 38.1 Å². The fraction of sp³-hybridized carbons (Fsp3) is 0.294. The van der Waals surface area contributed by atoms with E-state index >= 15 is 0 Å². The van der Waals surface area contributed by atoms with Crippen LogP contribution in [0.25, 0.3) is 0 Å². The lowest BCUT2D eigenvalue weighted by atomic mass is 10.00. The zero-order valence-electron chi connectivity index (χ0n) is 13.9. The SMILES string of the molecule is CC(C)c1ccc(C(O)Cn2cc([N+](=O)[O-])cc(C(N)=O)c2=O)cc1. The van der Waals surface area contributed by atoms with Gasteiger partial charge >= 0.3 is 0 Å². The lowest BCUT2D eigenvalue weighted by Crippen LogP contribution is -2.31. The van der Waals surface area contributed by atoms with E-state index in [-0.39, 0.29) is 6.54 Å². The number of hydrogen-bond acceptors (Lipinski definition) is 5. The maximum absolute atomic E-state index is 12.2. The van der Waals surface area contributed by atoms with E-state index in [1.807, 2.05) is 26.0 Å². The third-order valence-electron chi connectivity index (χ3n) is 3.91. The first-order valence-corrected chi connectivity index (χ1v) is 7.67. The molecular weight excluding hydrogens is 326 g/mol. The van der Waals surface area contributed by atoms with Gasteiger partial charge in [0.2, 0.25) is 0 Å². The topological polar surface area (TPSA) is 128 Å². The summed E-state index contributed by atoms with van der Waals surface area (Å²) in [4.78, 5) is 33.8. The van der Waals surface area contributed by atoms with Crippen LogP contribution in [-0.4, -0.2) is 20.5 Å². The average molecular weight is 345 g/mol. The molecule has 8 nitrogen and oxygen atoms in total. The quantitative estimate of drug-likeness (QED) is 0.608. The molecule has 1 heterocycles. The summed E-state index contributed by atoms with van der Waals surface area (Å²) in [6, 6.07) is 8.04. The number of pyridine rings is 1. The van der Waals surface area contributed by atoms with Crippen LogP contribution in [0.3, 0.4) is 0 Å². The highest BCUT2D eigenvalue weighted by Gasteiger charge is 2.19. The van der Waals surface area contributed by atoms with Crippen molar-refractivity contribution in [2.24, 2.45) is 5.73 Å².